The lowest BCUT2D eigenvalue weighted by atomic mass is 9.86. The Morgan fingerprint density at radius 1 is 1.42 bits per heavy atom. The van der Waals surface area contributed by atoms with Crippen molar-refractivity contribution in [3.63, 3.8) is 0 Å². The topological polar surface area (TPSA) is 89.3 Å². The third-order valence-corrected chi connectivity index (χ3v) is 5.95. The largest absolute Gasteiger partial charge is 0.390 e. The molecule has 1 aromatic heterocycles. The van der Waals surface area contributed by atoms with E-state index in [4.69, 9.17) is 16.2 Å². The minimum absolute atomic E-state index is 0.281. The van der Waals surface area contributed by atoms with E-state index in [1.165, 1.54) is 22.4 Å². The Morgan fingerprint density at radius 3 is 3.04 bits per heavy atom. The molecule has 2 aromatic rings. The monoisotopic (exact) mass is 335 g/mol. The number of hydrogen-bond donors (Lipinski definition) is 2. The van der Waals surface area contributed by atoms with Crippen molar-refractivity contribution < 1.29 is 0 Å². The minimum Gasteiger partial charge on any atom is -0.390 e. The predicted molar refractivity (Wildman–Crippen MR) is 96.7 cm³/mol. The zero-order chi connectivity index (χ0) is 16.7. The maximum absolute atomic E-state index is 9.25. The third-order valence-electron chi connectivity index (χ3n) is 4.76. The smallest absolute Gasteiger partial charge is 0.0995 e. The average molecular weight is 335 g/mol. The SMILES string of the molecule is N#Cc1ccccc1CN1CC2C(=N1)CCc1c2sc(N)c1C=N. The van der Waals surface area contributed by atoms with Crippen molar-refractivity contribution in [2.45, 2.75) is 25.3 Å². The fraction of sp³-hybridized carbons (Fsp3) is 0.278. The highest BCUT2D eigenvalue weighted by Crippen LogP contribution is 2.43. The van der Waals surface area contributed by atoms with Crippen molar-refractivity contribution in [3.05, 3.63) is 51.4 Å². The van der Waals surface area contributed by atoms with Gasteiger partial charge in [-0.2, -0.15) is 10.4 Å². The molecule has 0 saturated heterocycles. The molecule has 4 rings (SSSR count). The number of nitrogens with zero attached hydrogens (tertiary/aromatic N) is 3. The van der Waals surface area contributed by atoms with Crippen LogP contribution in [0, 0.1) is 16.7 Å². The van der Waals surface area contributed by atoms with Gasteiger partial charge in [0.2, 0.25) is 0 Å². The Labute approximate surface area is 144 Å². The van der Waals surface area contributed by atoms with Crippen molar-refractivity contribution in [1.29, 1.82) is 10.7 Å². The van der Waals surface area contributed by atoms with Crippen LogP contribution in [0.15, 0.2) is 29.4 Å². The molecule has 0 amide bonds. The summed E-state index contributed by atoms with van der Waals surface area (Å²) in [6, 6.07) is 9.93. The van der Waals surface area contributed by atoms with Crippen molar-refractivity contribution in [1.82, 2.24) is 5.01 Å². The number of benzene rings is 1. The molecule has 0 bridgehead atoms. The summed E-state index contributed by atoms with van der Waals surface area (Å²) in [7, 11) is 0. The maximum atomic E-state index is 9.25. The Balaban J connectivity index is 1.61. The lowest BCUT2D eigenvalue weighted by molar-refractivity contribution is 0.302. The van der Waals surface area contributed by atoms with Gasteiger partial charge >= 0.3 is 0 Å². The quantitative estimate of drug-likeness (QED) is 0.845. The maximum Gasteiger partial charge on any atom is 0.0995 e. The summed E-state index contributed by atoms with van der Waals surface area (Å²) in [5.74, 6) is 0.281. The van der Waals surface area contributed by atoms with E-state index in [-0.39, 0.29) is 5.92 Å². The van der Waals surface area contributed by atoms with Gasteiger partial charge in [0.05, 0.1) is 29.1 Å². The summed E-state index contributed by atoms with van der Waals surface area (Å²) in [5.41, 5.74) is 11.1. The van der Waals surface area contributed by atoms with Crippen molar-refractivity contribution >= 4 is 28.3 Å². The fourth-order valence-electron chi connectivity index (χ4n) is 3.60. The number of thiophene rings is 1. The first-order valence-corrected chi connectivity index (χ1v) is 8.74. The van der Waals surface area contributed by atoms with Crippen LogP contribution in [-0.4, -0.2) is 23.5 Å². The lowest BCUT2D eigenvalue weighted by Gasteiger charge is -2.20. The van der Waals surface area contributed by atoms with E-state index in [9.17, 15) is 5.26 Å². The Morgan fingerprint density at radius 2 is 2.25 bits per heavy atom. The molecule has 0 fully saturated rings. The molecule has 5 nitrogen and oxygen atoms in total. The van der Waals surface area contributed by atoms with Gasteiger partial charge in [-0.25, -0.2) is 0 Å². The molecule has 2 aliphatic rings. The first-order valence-electron chi connectivity index (χ1n) is 7.93. The molecule has 120 valence electrons. The number of hydrogen-bond acceptors (Lipinski definition) is 6. The highest BCUT2D eigenvalue weighted by Gasteiger charge is 2.35. The number of nitrogens with one attached hydrogen (secondary N) is 1. The first kappa shape index (κ1) is 14.9. The molecule has 24 heavy (non-hydrogen) atoms. The van der Waals surface area contributed by atoms with E-state index < -0.39 is 0 Å². The summed E-state index contributed by atoms with van der Waals surface area (Å²) >= 11 is 1.60. The standard InChI is InChI=1S/C18H17N5S/c19-7-11-3-1-2-4-12(11)9-23-10-15-16(22-23)6-5-13-14(8-20)18(21)24-17(13)15/h1-4,8,15,20H,5-6,9-10,21H2. The van der Waals surface area contributed by atoms with E-state index in [1.807, 2.05) is 24.3 Å². The van der Waals surface area contributed by atoms with Crippen LogP contribution in [0.2, 0.25) is 0 Å². The number of hydrazone groups is 1. The number of nitrogen functional groups attached to an aromatic ring is 1. The van der Waals surface area contributed by atoms with Crippen molar-refractivity contribution in [2.75, 3.05) is 12.3 Å². The number of nitrogens with two attached hydrogens (primary N) is 1. The van der Waals surface area contributed by atoms with Gasteiger partial charge in [-0.1, -0.05) is 18.2 Å². The second-order valence-electron chi connectivity index (χ2n) is 6.13. The van der Waals surface area contributed by atoms with E-state index in [2.05, 4.69) is 11.1 Å². The number of nitriles is 1. The summed E-state index contributed by atoms with van der Waals surface area (Å²) in [5, 5.41) is 24.4. The zero-order valence-electron chi connectivity index (χ0n) is 13.1. The van der Waals surface area contributed by atoms with Gasteiger partial charge in [-0.05, 0) is 30.0 Å². The highest BCUT2D eigenvalue weighted by molar-refractivity contribution is 7.16. The Kier molecular flexibility index (Phi) is 3.58. The van der Waals surface area contributed by atoms with Crippen LogP contribution in [-0.2, 0) is 13.0 Å². The molecule has 1 aliphatic heterocycles. The summed E-state index contributed by atoms with van der Waals surface area (Å²) in [6.45, 7) is 1.47. The van der Waals surface area contributed by atoms with E-state index in [0.717, 1.165) is 35.5 Å². The molecular formula is C18H17N5S. The van der Waals surface area contributed by atoms with Gasteiger partial charge < -0.3 is 11.1 Å². The number of anilines is 1. The molecule has 6 heteroatoms. The molecule has 1 aliphatic carbocycles. The van der Waals surface area contributed by atoms with Gasteiger partial charge in [0.1, 0.15) is 0 Å². The van der Waals surface area contributed by atoms with Crippen LogP contribution in [0.3, 0.4) is 0 Å². The molecule has 1 atom stereocenters. The number of fused-ring (bicyclic) bond motifs is 3. The van der Waals surface area contributed by atoms with Gasteiger partial charge in [-0.3, -0.25) is 5.01 Å². The van der Waals surface area contributed by atoms with Gasteiger partial charge in [0.25, 0.3) is 0 Å². The summed E-state index contributed by atoms with van der Waals surface area (Å²) in [6.07, 6.45) is 3.21. The lowest BCUT2D eigenvalue weighted by Crippen LogP contribution is -2.21. The fourth-order valence-corrected chi connectivity index (χ4v) is 4.81. The van der Waals surface area contributed by atoms with E-state index >= 15 is 0 Å². The second-order valence-corrected chi connectivity index (χ2v) is 7.21. The van der Waals surface area contributed by atoms with Crippen molar-refractivity contribution in [3.8, 4) is 6.07 Å². The molecule has 0 saturated carbocycles. The van der Waals surface area contributed by atoms with E-state index in [1.54, 1.807) is 11.3 Å². The summed E-state index contributed by atoms with van der Waals surface area (Å²) < 4.78 is 0. The molecule has 0 spiro atoms. The van der Waals surface area contributed by atoms with Crippen LogP contribution in [0.4, 0.5) is 5.00 Å². The van der Waals surface area contributed by atoms with Crippen LogP contribution >= 0.6 is 11.3 Å². The predicted octanol–water partition coefficient (Wildman–Crippen LogP) is 3.10. The van der Waals surface area contributed by atoms with Gasteiger partial charge in [0.15, 0.2) is 0 Å². The molecule has 1 unspecified atom stereocenters. The molecule has 0 radical (unpaired) electrons. The Hall–Kier alpha value is -2.65. The van der Waals surface area contributed by atoms with Crippen LogP contribution in [0.5, 0.6) is 0 Å². The van der Waals surface area contributed by atoms with Crippen LogP contribution in [0.25, 0.3) is 0 Å². The zero-order valence-corrected chi connectivity index (χ0v) is 13.9. The number of rotatable bonds is 3. The molecular weight excluding hydrogens is 318 g/mol. The van der Waals surface area contributed by atoms with Crippen LogP contribution in [0.1, 0.15) is 39.5 Å². The highest BCUT2D eigenvalue weighted by atomic mass is 32.1. The van der Waals surface area contributed by atoms with Crippen molar-refractivity contribution in [2.24, 2.45) is 5.10 Å². The van der Waals surface area contributed by atoms with E-state index in [0.29, 0.717) is 12.1 Å². The summed E-state index contributed by atoms with van der Waals surface area (Å²) in [4.78, 5) is 1.27. The average Bonchev–Trinajstić information content (AvgIpc) is 3.14. The molecule has 3 N–H and O–H groups in total. The first-order chi connectivity index (χ1) is 11.7. The van der Waals surface area contributed by atoms with Gasteiger partial charge in [-0.15, -0.1) is 11.3 Å². The molecule has 1 aromatic carbocycles. The van der Waals surface area contributed by atoms with Crippen LogP contribution < -0.4 is 5.73 Å². The molecule has 2 heterocycles. The normalized spacial score (nSPS) is 18.5. The second kappa shape index (κ2) is 5.77. The Bertz CT molecular complexity index is 889. The van der Waals surface area contributed by atoms with Gasteiger partial charge in [0, 0.05) is 28.9 Å². The minimum atomic E-state index is 0.281. The third kappa shape index (κ3) is 2.29.